The van der Waals surface area contributed by atoms with Crippen LogP contribution in [0.5, 0.6) is 5.75 Å². The maximum absolute atomic E-state index is 13.0. The van der Waals surface area contributed by atoms with E-state index in [9.17, 15) is 17.9 Å². The van der Waals surface area contributed by atoms with Crippen molar-refractivity contribution in [2.75, 3.05) is 18.4 Å². The normalized spacial score (nSPS) is 11.7. The molecule has 0 aliphatic carbocycles. The minimum Gasteiger partial charge on any atom is -0.508 e. The Balaban J connectivity index is 1.34. The van der Waals surface area contributed by atoms with Gasteiger partial charge in [0.05, 0.1) is 10.6 Å². The molecule has 0 atom stereocenters. The number of hydrogen-bond acceptors (Lipinski definition) is 8. The van der Waals surface area contributed by atoms with E-state index < -0.39 is 15.8 Å². The minimum atomic E-state index is -3.77. The molecule has 3 N–H and O–H groups in total. The largest absolute Gasteiger partial charge is 0.508 e. The molecule has 5 aromatic rings. The van der Waals surface area contributed by atoms with Crippen LogP contribution in [0, 0.1) is 5.82 Å². The fourth-order valence-electron chi connectivity index (χ4n) is 3.52. The third kappa shape index (κ3) is 4.69. The zero-order valence-corrected chi connectivity index (χ0v) is 18.9. The number of phenols is 1. The van der Waals surface area contributed by atoms with Crippen LogP contribution in [0.25, 0.3) is 28.5 Å². The summed E-state index contributed by atoms with van der Waals surface area (Å²) in [5.41, 5.74) is 2.43. The molecule has 0 saturated carbocycles. The summed E-state index contributed by atoms with van der Waals surface area (Å²) in [6.07, 6.45) is 4.79. The van der Waals surface area contributed by atoms with Gasteiger partial charge in [-0.1, -0.05) is 12.1 Å². The first-order valence-corrected chi connectivity index (χ1v) is 12.0. The van der Waals surface area contributed by atoms with Gasteiger partial charge in [-0.2, -0.15) is 4.98 Å². The highest BCUT2D eigenvalue weighted by Gasteiger charge is 2.20. The number of phenolic OH excluding ortho intramolecular Hbond substituents is 1. The Hall–Kier alpha value is -4.29. The van der Waals surface area contributed by atoms with Crippen LogP contribution in [0.15, 0.2) is 82.6 Å². The Labute approximate surface area is 199 Å². The number of imidazole rings is 1. The van der Waals surface area contributed by atoms with E-state index >= 15 is 0 Å². The second-order valence-corrected chi connectivity index (χ2v) is 9.23. The highest BCUT2D eigenvalue weighted by molar-refractivity contribution is 7.89. The van der Waals surface area contributed by atoms with Crippen molar-refractivity contribution >= 4 is 21.8 Å². The van der Waals surface area contributed by atoms with Crippen molar-refractivity contribution in [3.63, 3.8) is 0 Å². The molecule has 178 valence electrons. The van der Waals surface area contributed by atoms with Crippen molar-refractivity contribution in [2.45, 2.75) is 4.90 Å². The maximum Gasteiger partial charge on any atom is 0.306 e. The SMILES string of the molecule is O=S(=O)(NCCNc1nccc(-c2c(-c3cccc(O)c3)nc3occn23)n1)c1ccc(F)cc1. The molecule has 3 heterocycles. The number of nitrogens with zero attached hydrogens (tertiary/aromatic N) is 4. The first kappa shape index (κ1) is 22.5. The molecular formula is C23H19FN6O4S. The molecule has 0 fully saturated rings. The molecule has 0 spiro atoms. The predicted molar refractivity (Wildman–Crippen MR) is 126 cm³/mol. The van der Waals surface area contributed by atoms with Gasteiger partial charge in [-0.3, -0.25) is 4.40 Å². The lowest BCUT2D eigenvalue weighted by Gasteiger charge is -2.09. The average molecular weight is 495 g/mol. The number of nitrogens with one attached hydrogen (secondary N) is 2. The van der Waals surface area contributed by atoms with Gasteiger partial charge in [-0.25, -0.2) is 27.5 Å². The summed E-state index contributed by atoms with van der Waals surface area (Å²) < 4.78 is 47.3. The quantitative estimate of drug-likeness (QED) is 0.280. The Morgan fingerprint density at radius 2 is 1.89 bits per heavy atom. The van der Waals surface area contributed by atoms with Crippen molar-refractivity contribution in [3.8, 4) is 28.4 Å². The predicted octanol–water partition coefficient (Wildman–Crippen LogP) is 3.29. The van der Waals surface area contributed by atoms with Gasteiger partial charge < -0.3 is 14.8 Å². The second-order valence-electron chi connectivity index (χ2n) is 7.46. The number of benzene rings is 2. The summed E-state index contributed by atoms with van der Waals surface area (Å²) in [6.45, 7) is 0.261. The van der Waals surface area contributed by atoms with Crippen LogP contribution in [0.1, 0.15) is 0 Å². The number of hydrogen-bond donors (Lipinski definition) is 3. The number of oxazole rings is 1. The molecule has 5 rings (SSSR count). The average Bonchev–Trinajstić information content (AvgIpc) is 3.44. The smallest absolute Gasteiger partial charge is 0.306 e. The van der Waals surface area contributed by atoms with Crippen molar-refractivity contribution < 1.29 is 22.3 Å². The van der Waals surface area contributed by atoms with Crippen LogP contribution in [0.2, 0.25) is 0 Å². The lowest BCUT2D eigenvalue weighted by molar-refractivity contribution is 0.475. The van der Waals surface area contributed by atoms with Gasteiger partial charge >= 0.3 is 5.84 Å². The molecule has 0 saturated heterocycles. The lowest BCUT2D eigenvalue weighted by atomic mass is 10.1. The minimum absolute atomic E-state index is 0.0264. The van der Waals surface area contributed by atoms with Gasteiger partial charge in [0.15, 0.2) is 0 Å². The summed E-state index contributed by atoms with van der Waals surface area (Å²) in [7, 11) is -3.77. The number of fused-ring (bicyclic) bond motifs is 1. The van der Waals surface area contributed by atoms with Crippen LogP contribution in [0.3, 0.4) is 0 Å². The van der Waals surface area contributed by atoms with E-state index in [4.69, 9.17) is 4.42 Å². The number of sulfonamides is 1. The zero-order valence-electron chi connectivity index (χ0n) is 18.1. The first-order chi connectivity index (χ1) is 16.9. The van der Waals surface area contributed by atoms with E-state index in [1.807, 2.05) is 6.07 Å². The Bertz CT molecular complexity index is 1600. The molecule has 10 nitrogen and oxygen atoms in total. The zero-order chi connectivity index (χ0) is 24.4. The van der Waals surface area contributed by atoms with Crippen molar-refractivity contribution in [1.82, 2.24) is 24.1 Å². The van der Waals surface area contributed by atoms with Gasteiger partial charge in [-0.05, 0) is 42.5 Å². The Morgan fingerprint density at radius 1 is 1.06 bits per heavy atom. The summed E-state index contributed by atoms with van der Waals surface area (Å²) in [5.74, 6) is 0.234. The maximum atomic E-state index is 13.0. The van der Waals surface area contributed by atoms with E-state index in [1.165, 1.54) is 18.4 Å². The Kier molecular flexibility index (Phi) is 5.89. The van der Waals surface area contributed by atoms with Gasteiger partial charge in [0.2, 0.25) is 16.0 Å². The first-order valence-electron chi connectivity index (χ1n) is 10.5. The molecule has 3 aromatic heterocycles. The number of aromatic hydroxyl groups is 1. The molecule has 0 unspecified atom stereocenters. The third-order valence-corrected chi connectivity index (χ3v) is 6.58. The van der Waals surface area contributed by atoms with Crippen LogP contribution in [-0.4, -0.2) is 46.0 Å². The van der Waals surface area contributed by atoms with E-state index in [2.05, 4.69) is 25.0 Å². The fraction of sp³-hybridized carbons (Fsp3) is 0.0870. The van der Waals surface area contributed by atoms with Gasteiger partial charge in [0.1, 0.15) is 29.2 Å². The monoisotopic (exact) mass is 494 g/mol. The van der Waals surface area contributed by atoms with Crippen molar-refractivity contribution in [3.05, 3.63) is 79.1 Å². The molecule has 0 aliphatic rings. The van der Waals surface area contributed by atoms with E-state index in [0.29, 0.717) is 28.5 Å². The number of anilines is 1. The summed E-state index contributed by atoms with van der Waals surface area (Å²) in [6, 6.07) is 13.0. The second kappa shape index (κ2) is 9.16. The molecule has 35 heavy (non-hydrogen) atoms. The molecule has 12 heteroatoms. The standard InChI is InChI=1S/C23H19FN6O4S/c24-16-4-6-18(7-5-16)35(32,33)27-11-10-26-22-25-9-8-19(28-22)21-20(15-2-1-3-17(31)14-15)29-23-30(21)12-13-34-23/h1-9,12-14,27,31H,10-11H2,(H,25,26,28). The highest BCUT2D eigenvalue weighted by Crippen LogP contribution is 2.33. The molecule has 0 amide bonds. The van der Waals surface area contributed by atoms with E-state index in [-0.39, 0.29) is 29.7 Å². The van der Waals surface area contributed by atoms with Gasteiger partial charge in [-0.15, -0.1) is 0 Å². The topological polar surface area (TPSA) is 135 Å². The van der Waals surface area contributed by atoms with E-state index in [1.54, 1.807) is 41.1 Å². The number of aromatic nitrogens is 4. The third-order valence-electron chi connectivity index (χ3n) is 5.10. The number of halogens is 1. The fourth-order valence-corrected chi connectivity index (χ4v) is 4.55. The van der Waals surface area contributed by atoms with Gasteiger partial charge in [0.25, 0.3) is 0 Å². The number of rotatable bonds is 8. The van der Waals surface area contributed by atoms with Crippen LogP contribution in [0.4, 0.5) is 10.3 Å². The molecule has 0 aliphatic heterocycles. The molecule has 2 aromatic carbocycles. The highest BCUT2D eigenvalue weighted by atomic mass is 32.2. The summed E-state index contributed by atoms with van der Waals surface area (Å²) >= 11 is 0. The molecule has 0 bridgehead atoms. The summed E-state index contributed by atoms with van der Waals surface area (Å²) in [4.78, 5) is 13.3. The van der Waals surface area contributed by atoms with Crippen LogP contribution >= 0.6 is 0 Å². The van der Waals surface area contributed by atoms with Crippen LogP contribution in [-0.2, 0) is 10.0 Å². The van der Waals surface area contributed by atoms with Crippen LogP contribution < -0.4 is 10.0 Å². The van der Waals surface area contributed by atoms with Crippen molar-refractivity contribution in [2.24, 2.45) is 0 Å². The molecule has 0 radical (unpaired) electrons. The lowest BCUT2D eigenvalue weighted by Crippen LogP contribution is -2.29. The van der Waals surface area contributed by atoms with E-state index in [0.717, 1.165) is 12.1 Å². The van der Waals surface area contributed by atoms with Gasteiger partial charge in [0, 0.05) is 31.0 Å². The van der Waals surface area contributed by atoms with Crippen molar-refractivity contribution in [1.29, 1.82) is 0 Å². The molecular weight excluding hydrogens is 475 g/mol. The Morgan fingerprint density at radius 3 is 2.69 bits per heavy atom. The summed E-state index contributed by atoms with van der Waals surface area (Å²) in [5, 5.41) is 12.9.